The standard InChI is InChI=1S/C21H26O7S/c1-11-8-20-10-21(11,24)7-6-13(20)12-4-5-15-19(2,14(22)9-29(25,26)28-15)16(12)17(20)18(23)27-3/h4,13,15-17,24H,1,5-10H2,2-3H3/t13-,15+,16+,17+,19+,20-,21-/m0/s1. The van der Waals surface area contributed by atoms with Gasteiger partial charge in [0.1, 0.15) is 5.75 Å². The molecule has 7 nitrogen and oxygen atoms in total. The van der Waals surface area contributed by atoms with E-state index in [2.05, 4.69) is 6.58 Å². The second-order valence-corrected chi connectivity index (χ2v) is 11.3. The fourth-order valence-electron chi connectivity index (χ4n) is 7.32. The second kappa shape index (κ2) is 5.59. The van der Waals surface area contributed by atoms with Gasteiger partial charge in [0.05, 0.1) is 30.1 Å². The van der Waals surface area contributed by atoms with E-state index >= 15 is 0 Å². The second-order valence-electron chi connectivity index (χ2n) is 9.72. The lowest BCUT2D eigenvalue weighted by Gasteiger charge is -2.48. The van der Waals surface area contributed by atoms with Crippen molar-refractivity contribution in [3.8, 4) is 0 Å². The Balaban J connectivity index is 1.71. The first-order valence-electron chi connectivity index (χ1n) is 10.1. The van der Waals surface area contributed by atoms with Crippen LogP contribution in [0.5, 0.6) is 0 Å². The van der Waals surface area contributed by atoms with Crippen molar-refractivity contribution >= 4 is 21.9 Å². The molecule has 0 aromatic heterocycles. The fourth-order valence-corrected chi connectivity index (χ4v) is 8.65. The number of carbonyl (C=O) groups is 2. The number of hydrogen-bond acceptors (Lipinski definition) is 7. The minimum absolute atomic E-state index is 0.0419. The number of carbonyl (C=O) groups excluding carboxylic acids is 2. The van der Waals surface area contributed by atoms with Crippen LogP contribution < -0.4 is 0 Å². The lowest BCUT2D eigenvalue weighted by atomic mass is 9.59. The van der Waals surface area contributed by atoms with Crippen molar-refractivity contribution in [2.75, 3.05) is 12.9 Å². The third-order valence-electron chi connectivity index (χ3n) is 8.59. The Morgan fingerprint density at radius 3 is 2.83 bits per heavy atom. The first kappa shape index (κ1) is 19.5. The molecule has 8 heteroatoms. The van der Waals surface area contributed by atoms with Gasteiger partial charge in [-0.3, -0.25) is 13.8 Å². The zero-order valence-corrected chi connectivity index (χ0v) is 17.5. The summed E-state index contributed by atoms with van der Waals surface area (Å²) in [5.74, 6) is -2.58. The van der Waals surface area contributed by atoms with Crippen LogP contribution in [-0.2, 0) is 28.6 Å². The molecule has 1 N–H and O–H groups in total. The van der Waals surface area contributed by atoms with Crippen LogP contribution in [0, 0.1) is 28.6 Å². The highest BCUT2D eigenvalue weighted by molar-refractivity contribution is 7.87. The van der Waals surface area contributed by atoms with Crippen molar-refractivity contribution in [2.45, 2.75) is 50.7 Å². The monoisotopic (exact) mass is 422 g/mol. The lowest BCUT2D eigenvalue weighted by Crippen LogP contribution is -2.58. The van der Waals surface area contributed by atoms with E-state index in [1.807, 2.05) is 6.08 Å². The molecule has 4 fully saturated rings. The molecule has 1 saturated heterocycles. The summed E-state index contributed by atoms with van der Waals surface area (Å²) in [7, 11) is -2.58. The Labute approximate surface area is 170 Å². The molecule has 0 aromatic carbocycles. The highest BCUT2D eigenvalue weighted by Crippen LogP contribution is 2.73. The number of ether oxygens (including phenoxy) is 1. The van der Waals surface area contributed by atoms with Gasteiger partial charge in [0.25, 0.3) is 10.1 Å². The van der Waals surface area contributed by atoms with Crippen LogP contribution in [-0.4, -0.2) is 49.8 Å². The maximum Gasteiger partial charge on any atom is 0.309 e. The van der Waals surface area contributed by atoms with Gasteiger partial charge >= 0.3 is 5.97 Å². The third-order valence-corrected chi connectivity index (χ3v) is 9.73. The molecular weight excluding hydrogens is 396 g/mol. The van der Waals surface area contributed by atoms with Gasteiger partial charge in [-0.1, -0.05) is 18.2 Å². The fraction of sp³-hybridized carbons (Fsp3) is 0.714. The van der Waals surface area contributed by atoms with E-state index in [0.29, 0.717) is 32.1 Å². The molecule has 5 rings (SSSR count). The van der Waals surface area contributed by atoms with Gasteiger partial charge in [-0.15, -0.1) is 0 Å². The third kappa shape index (κ3) is 2.23. The summed E-state index contributed by atoms with van der Waals surface area (Å²) in [5, 5.41) is 11.1. The van der Waals surface area contributed by atoms with E-state index in [0.717, 1.165) is 11.1 Å². The first-order chi connectivity index (χ1) is 13.5. The van der Waals surface area contributed by atoms with Gasteiger partial charge in [-0.25, -0.2) is 0 Å². The summed E-state index contributed by atoms with van der Waals surface area (Å²) in [5.41, 5.74) is -0.895. The average molecular weight is 422 g/mol. The predicted molar refractivity (Wildman–Crippen MR) is 102 cm³/mol. The molecule has 0 unspecified atom stereocenters. The van der Waals surface area contributed by atoms with Crippen molar-refractivity contribution in [1.29, 1.82) is 0 Å². The van der Waals surface area contributed by atoms with Crippen LogP contribution in [0.15, 0.2) is 23.8 Å². The Morgan fingerprint density at radius 1 is 1.41 bits per heavy atom. The summed E-state index contributed by atoms with van der Waals surface area (Å²) in [6.45, 7) is 5.84. The van der Waals surface area contributed by atoms with Crippen LogP contribution in [0.2, 0.25) is 0 Å². The Kier molecular flexibility index (Phi) is 3.75. The number of hydrogen-bond donors (Lipinski definition) is 1. The minimum Gasteiger partial charge on any atom is -0.469 e. The quantitative estimate of drug-likeness (QED) is 0.388. The Hall–Kier alpha value is -1.51. The molecule has 2 bridgehead atoms. The molecule has 1 heterocycles. The Bertz CT molecular complexity index is 981. The number of methoxy groups -OCH3 is 1. The zero-order valence-electron chi connectivity index (χ0n) is 16.6. The summed E-state index contributed by atoms with van der Waals surface area (Å²) in [6, 6.07) is 0. The summed E-state index contributed by atoms with van der Waals surface area (Å²) in [4.78, 5) is 26.3. The van der Waals surface area contributed by atoms with Gasteiger partial charge in [-0.05, 0) is 55.9 Å². The van der Waals surface area contributed by atoms with Crippen molar-refractivity contribution in [2.24, 2.45) is 28.6 Å². The summed E-state index contributed by atoms with van der Waals surface area (Å²) < 4.78 is 34.7. The average Bonchev–Trinajstić information content (AvgIpc) is 3.02. The van der Waals surface area contributed by atoms with Crippen molar-refractivity contribution in [3.05, 3.63) is 23.8 Å². The topological polar surface area (TPSA) is 107 Å². The number of rotatable bonds is 1. The zero-order chi connectivity index (χ0) is 21.0. The van der Waals surface area contributed by atoms with Crippen LogP contribution >= 0.6 is 0 Å². The number of ketones is 1. The highest BCUT2D eigenvalue weighted by atomic mass is 32.2. The molecule has 0 amide bonds. The maximum absolute atomic E-state index is 13.2. The SMILES string of the molecule is C=C1C[C@]23C[C@@]1(O)CC[C@H]2C1=CC[C@H]2OS(=O)(=O)CC(=O)[C@@]2(C)[C@H]1[C@@H]3C(=O)OC. The number of esters is 1. The van der Waals surface area contributed by atoms with Gasteiger partial charge < -0.3 is 9.84 Å². The summed E-state index contributed by atoms with van der Waals surface area (Å²) in [6.07, 6.45) is 3.69. The molecular formula is C21H26O7S. The van der Waals surface area contributed by atoms with Crippen LogP contribution in [0.25, 0.3) is 0 Å². The number of Topliss-reactive ketones (excluding diaryl/α,β-unsaturated/α-hetero) is 1. The smallest absolute Gasteiger partial charge is 0.309 e. The van der Waals surface area contributed by atoms with Crippen molar-refractivity contribution in [1.82, 2.24) is 0 Å². The van der Waals surface area contributed by atoms with Crippen molar-refractivity contribution in [3.63, 3.8) is 0 Å². The maximum atomic E-state index is 13.2. The normalized spacial score (nSPS) is 49.7. The first-order valence-corrected chi connectivity index (χ1v) is 11.7. The van der Waals surface area contributed by atoms with Gasteiger partial charge in [-0.2, -0.15) is 8.42 Å². The minimum atomic E-state index is -3.92. The molecule has 158 valence electrons. The molecule has 3 saturated carbocycles. The van der Waals surface area contributed by atoms with Crippen molar-refractivity contribution < 1.29 is 32.0 Å². The predicted octanol–water partition coefficient (Wildman–Crippen LogP) is 1.52. The lowest BCUT2D eigenvalue weighted by molar-refractivity contribution is -0.159. The molecule has 4 aliphatic carbocycles. The largest absolute Gasteiger partial charge is 0.469 e. The molecule has 1 spiro atoms. The van der Waals surface area contributed by atoms with Gasteiger partial charge in [0.2, 0.25) is 0 Å². The van der Waals surface area contributed by atoms with Crippen LogP contribution in [0.3, 0.4) is 0 Å². The van der Waals surface area contributed by atoms with Gasteiger partial charge in [0, 0.05) is 5.92 Å². The molecule has 0 radical (unpaired) electrons. The van der Waals surface area contributed by atoms with Gasteiger partial charge in [0.15, 0.2) is 5.78 Å². The number of fused-ring (bicyclic) bond motifs is 5. The molecule has 29 heavy (non-hydrogen) atoms. The number of aliphatic hydroxyl groups is 1. The number of allylic oxidation sites excluding steroid dienone is 1. The van der Waals surface area contributed by atoms with E-state index in [1.165, 1.54) is 7.11 Å². The van der Waals surface area contributed by atoms with E-state index in [9.17, 15) is 23.1 Å². The highest BCUT2D eigenvalue weighted by Gasteiger charge is 2.73. The van der Waals surface area contributed by atoms with E-state index in [-0.39, 0.29) is 5.92 Å². The molecule has 7 atom stereocenters. The van der Waals surface area contributed by atoms with E-state index in [1.54, 1.807) is 6.92 Å². The van der Waals surface area contributed by atoms with E-state index < -0.39 is 62.0 Å². The molecule has 1 aliphatic heterocycles. The summed E-state index contributed by atoms with van der Waals surface area (Å²) >= 11 is 0. The van der Waals surface area contributed by atoms with E-state index in [4.69, 9.17) is 8.92 Å². The van der Waals surface area contributed by atoms with Crippen LogP contribution in [0.4, 0.5) is 0 Å². The molecule has 0 aromatic rings. The van der Waals surface area contributed by atoms with Crippen LogP contribution in [0.1, 0.15) is 39.0 Å². The Morgan fingerprint density at radius 2 is 2.14 bits per heavy atom. The molecule has 5 aliphatic rings.